The molecule has 0 fully saturated rings. The molecule has 5 N–H and O–H groups in total. The highest BCUT2D eigenvalue weighted by Crippen LogP contribution is 2.11. The lowest BCUT2D eigenvalue weighted by Gasteiger charge is -2.01. The van der Waals surface area contributed by atoms with Crippen LogP contribution in [0, 0.1) is 5.41 Å². The number of nitrogens with zero attached hydrogens (tertiary/aromatic N) is 2. The van der Waals surface area contributed by atoms with Crippen molar-refractivity contribution in [2.45, 2.75) is 0 Å². The Morgan fingerprint density at radius 1 is 1.67 bits per heavy atom. The van der Waals surface area contributed by atoms with E-state index < -0.39 is 5.97 Å². The zero-order valence-electron chi connectivity index (χ0n) is 7.56. The fourth-order valence-corrected chi connectivity index (χ4v) is 1.72. The molecule has 0 bridgehead atoms. The van der Waals surface area contributed by atoms with Crippen molar-refractivity contribution in [2.24, 2.45) is 5.73 Å². The van der Waals surface area contributed by atoms with E-state index in [0.29, 0.717) is 12.3 Å². The molecule has 1 aromatic rings. The Labute approximate surface area is 93.9 Å². The van der Waals surface area contributed by atoms with Gasteiger partial charge in [-0.25, -0.2) is 4.79 Å². The van der Waals surface area contributed by atoms with E-state index in [4.69, 9.17) is 16.2 Å². The Balaban J connectivity index is 2.40. The normalized spacial score (nSPS) is 9.87. The van der Waals surface area contributed by atoms with Gasteiger partial charge in [-0.2, -0.15) is 8.75 Å². The lowest BCUT2D eigenvalue weighted by atomic mass is 10.4. The molecule has 1 rings (SSSR count). The molecule has 1 aromatic heterocycles. The fourth-order valence-electron chi connectivity index (χ4n) is 0.775. The third-order valence-electron chi connectivity index (χ3n) is 1.34. The Hall–Kier alpha value is -1.35. The average Bonchev–Trinajstić information content (AvgIpc) is 2.60. The number of carbonyl (C=O) groups is 1. The third-order valence-corrected chi connectivity index (χ3v) is 2.59. The second-order valence-electron chi connectivity index (χ2n) is 2.41. The van der Waals surface area contributed by atoms with E-state index in [0.717, 1.165) is 11.7 Å². The monoisotopic (exact) mass is 247 g/mol. The molecule has 0 radical (unpaired) electrons. The highest BCUT2D eigenvalue weighted by molar-refractivity contribution is 8.13. The highest BCUT2D eigenvalue weighted by atomic mass is 32.2. The van der Waals surface area contributed by atoms with Crippen LogP contribution in [-0.4, -0.2) is 37.3 Å². The van der Waals surface area contributed by atoms with Crippen LogP contribution < -0.4 is 11.1 Å². The number of amidine groups is 1. The van der Waals surface area contributed by atoms with Crippen molar-refractivity contribution in [1.82, 2.24) is 8.75 Å². The van der Waals surface area contributed by atoms with E-state index in [2.05, 4.69) is 14.1 Å². The Bertz CT molecular complexity index is 366. The lowest BCUT2D eigenvalue weighted by Crippen LogP contribution is -2.12. The second kappa shape index (κ2) is 5.51. The maximum atomic E-state index is 10.6. The van der Waals surface area contributed by atoms with E-state index in [1.54, 1.807) is 0 Å². The minimum atomic E-state index is -1.11. The summed E-state index contributed by atoms with van der Waals surface area (Å²) in [4.78, 5) is 10.6. The molecule has 0 atom stereocenters. The van der Waals surface area contributed by atoms with Crippen molar-refractivity contribution in [2.75, 3.05) is 17.6 Å². The molecule has 7 nitrogen and oxygen atoms in total. The number of aromatic nitrogens is 2. The van der Waals surface area contributed by atoms with Gasteiger partial charge in [0.15, 0.2) is 11.0 Å². The smallest absolute Gasteiger partial charge is 0.359 e. The lowest BCUT2D eigenvalue weighted by molar-refractivity contribution is 0.0693. The number of thioether (sulfide) groups is 1. The summed E-state index contributed by atoms with van der Waals surface area (Å²) < 4.78 is 7.42. The Morgan fingerprint density at radius 2 is 2.40 bits per heavy atom. The molecular weight excluding hydrogens is 238 g/mol. The van der Waals surface area contributed by atoms with Crippen molar-refractivity contribution in [3.8, 4) is 0 Å². The summed E-state index contributed by atoms with van der Waals surface area (Å²) in [5.41, 5.74) is 5.05. The van der Waals surface area contributed by atoms with Crippen LogP contribution in [0.3, 0.4) is 0 Å². The van der Waals surface area contributed by atoms with E-state index in [-0.39, 0.29) is 16.7 Å². The number of carboxylic acid groups (broad SMARTS) is 1. The predicted octanol–water partition coefficient (Wildman–Crippen LogP) is 0.275. The second-order valence-corrected chi connectivity index (χ2v) is 4.07. The molecule has 15 heavy (non-hydrogen) atoms. The molecule has 0 spiro atoms. The molecular formula is C6H9N5O2S2. The van der Waals surface area contributed by atoms with Crippen LogP contribution in [0.5, 0.6) is 0 Å². The number of hydrogen-bond donors (Lipinski definition) is 4. The van der Waals surface area contributed by atoms with E-state index in [1.165, 1.54) is 11.8 Å². The van der Waals surface area contributed by atoms with E-state index >= 15 is 0 Å². The molecule has 0 aliphatic carbocycles. The van der Waals surface area contributed by atoms with Crippen molar-refractivity contribution < 1.29 is 9.90 Å². The van der Waals surface area contributed by atoms with Gasteiger partial charge < -0.3 is 16.2 Å². The van der Waals surface area contributed by atoms with Crippen molar-refractivity contribution >= 4 is 40.4 Å². The first-order valence-corrected chi connectivity index (χ1v) is 5.59. The summed E-state index contributed by atoms with van der Waals surface area (Å²) in [5.74, 6) is -0.270. The van der Waals surface area contributed by atoms with Crippen LogP contribution in [0.15, 0.2) is 0 Å². The van der Waals surface area contributed by atoms with Gasteiger partial charge >= 0.3 is 5.97 Å². The summed E-state index contributed by atoms with van der Waals surface area (Å²) in [6.07, 6.45) is 0. The van der Waals surface area contributed by atoms with Gasteiger partial charge in [-0.1, -0.05) is 11.8 Å². The molecule has 0 aliphatic heterocycles. The summed E-state index contributed by atoms with van der Waals surface area (Å²) in [6, 6.07) is 0. The largest absolute Gasteiger partial charge is 0.476 e. The summed E-state index contributed by atoms with van der Waals surface area (Å²) in [7, 11) is 0. The van der Waals surface area contributed by atoms with Gasteiger partial charge in [0, 0.05) is 12.3 Å². The predicted molar refractivity (Wildman–Crippen MR) is 59.7 cm³/mol. The van der Waals surface area contributed by atoms with Crippen LogP contribution in [0.2, 0.25) is 0 Å². The molecule has 0 saturated heterocycles. The average molecular weight is 247 g/mol. The van der Waals surface area contributed by atoms with Crippen LogP contribution in [0.4, 0.5) is 5.82 Å². The summed E-state index contributed by atoms with van der Waals surface area (Å²) >= 11 is 2.02. The van der Waals surface area contributed by atoms with Gasteiger partial charge in [-0.15, -0.1) is 0 Å². The van der Waals surface area contributed by atoms with Gasteiger partial charge in [0.2, 0.25) is 5.69 Å². The molecule has 1 heterocycles. The maximum absolute atomic E-state index is 10.6. The van der Waals surface area contributed by atoms with Gasteiger partial charge in [0.1, 0.15) is 0 Å². The summed E-state index contributed by atoms with van der Waals surface area (Å²) in [6.45, 7) is 0.482. The minimum absolute atomic E-state index is 0.0339. The van der Waals surface area contributed by atoms with Crippen LogP contribution in [0.1, 0.15) is 10.5 Å². The Kier molecular flexibility index (Phi) is 4.31. The van der Waals surface area contributed by atoms with Gasteiger partial charge in [0.25, 0.3) is 0 Å². The molecule has 0 aromatic carbocycles. The van der Waals surface area contributed by atoms with Crippen LogP contribution in [-0.2, 0) is 0 Å². The molecule has 0 aliphatic rings. The zero-order chi connectivity index (χ0) is 11.3. The fraction of sp³-hybridized carbons (Fsp3) is 0.333. The van der Waals surface area contributed by atoms with Crippen LogP contribution >= 0.6 is 23.5 Å². The first kappa shape index (κ1) is 11.7. The van der Waals surface area contributed by atoms with E-state index in [9.17, 15) is 4.79 Å². The summed E-state index contributed by atoms with van der Waals surface area (Å²) in [5, 5.41) is 18.5. The number of carboxylic acids is 1. The first-order chi connectivity index (χ1) is 7.11. The van der Waals surface area contributed by atoms with Gasteiger partial charge in [-0.05, 0) is 0 Å². The molecule has 0 unspecified atom stereocenters. The Morgan fingerprint density at radius 3 is 3.00 bits per heavy atom. The molecule has 0 saturated carbocycles. The van der Waals surface area contributed by atoms with Crippen molar-refractivity contribution in [1.29, 1.82) is 5.41 Å². The highest BCUT2D eigenvalue weighted by Gasteiger charge is 2.14. The SMILES string of the molecule is N=C(N)SCCNc1nsnc1C(=O)O. The number of rotatable bonds is 5. The van der Waals surface area contributed by atoms with Crippen molar-refractivity contribution in [3.05, 3.63) is 5.69 Å². The quantitative estimate of drug-likeness (QED) is 0.334. The number of hydrogen-bond acceptors (Lipinski definition) is 7. The zero-order valence-corrected chi connectivity index (χ0v) is 9.19. The standard InChI is InChI=1S/C6H9N5O2S2/c7-6(8)14-2-1-9-4-3(5(12)13)10-15-11-4/h1-2H2,(H3,7,8)(H,9,11)(H,12,13). The number of aromatic carboxylic acids is 1. The number of nitrogens with two attached hydrogens (primary N) is 1. The van der Waals surface area contributed by atoms with Crippen LogP contribution in [0.25, 0.3) is 0 Å². The number of anilines is 1. The van der Waals surface area contributed by atoms with Gasteiger partial charge in [0.05, 0.1) is 11.7 Å². The molecule has 9 heteroatoms. The minimum Gasteiger partial charge on any atom is -0.476 e. The topological polar surface area (TPSA) is 125 Å². The van der Waals surface area contributed by atoms with E-state index in [1.807, 2.05) is 0 Å². The third kappa shape index (κ3) is 3.72. The van der Waals surface area contributed by atoms with Crippen molar-refractivity contribution in [3.63, 3.8) is 0 Å². The number of nitrogens with one attached hydrogen (secondary N) is 2. The molecule has 82 valence electrons. The maximum Gasteiger partial charge on any atom is 0.359 e. The molecule has 0 amide bonds. The van der Waals surface area contributed by atoms with Gasteiger partial charge in [-0.3, -0.25) is 5.41 Å². The first-order valence-electron chi connectivity index (χ1n) is 3.88.